The number of aromatic nitrogens is 2. The number of alkyl halides is 3. The number of nitrogens with one attached hydrogen (secondary N) is 1. The summed E-state index contributed by atoms with van der Waals surface area (Å²) in [5.74, 6) is -1.19. The third-order valence-corrected chi connectivity index (χ3v) is 5.57. The highest BCUT2D eigenvalue weighted by Crippen LogP contribution is 2.39. The minimum Gasteiger partial charge on any atom is -0.365 e. The summed E-state index contributed by atoms with van der Waals surface area (Å²) in [5, 5.41) is 6.47. The molecule has 0 fully saturated rings. The molecule has 2 aromatic heterocycles. The molecule has 3 N–H and O–H groups in total. The largest absolute Gasteiger partial charge is 0.435 e. The highest BCUT2D eigenvalue weighted by Gasteiger charge is 2.35. The van der Waals surface area contributed by atoms with E-state index in [1.54, 1.807) is 0 Å². The number of carbonyl (C=O) groups is 2. The first-order chi connectivity index (χ1) is 12.1. The van der Waals surface area contributed by atoms with Gasteiger partial charge in [-0.1, -0.05) is 0 Å². The molecule has 2 heterocycles. The monoisotopic (exact) mass is 386 g/mol. The Bertz CT molecular complexity index is 885. The first kappa shape index (κ1) is 18.4. The van der Waals surface area contributed by atoms with Crippen molar-refractivity contribution >= 4 is 28.2 Å². The van der Waals surface area contributed by atoms with E-state index in [0.717, 1.165) is 40.5 Å². The zero-order valence-corrected chi connectivity index (χ0v) is 14.9. The van der Waals surface area contributed by atoms with Gasteiger partial charge < -0.3 is 11.1 Å². The fraction of sp³-hybridized carbons (Fsp3) is 0.438. The number of hydrogen-bond donors (Lipinski definition) is 2. The second-order valence-corrected chi connectivity index (χ2v) is 7.31. The Morgan fingerprint density at radius 2 is 2.08 bits per heavy atom. The normalized spacial score (nSPS) is 15.0. The molecule has 2 aromatic rings. The summed E-state index contributed by atoms with van der Waals surface area (Å²) in [7, 11) is 0. The smallest absolute Gasteiger partial charge is 0.365 e. The van der Waals surface area contributed by atoms with Crippen LogP contribution in [0.25, 0.3) is 0 Å². The quantitative estimate of drug-likeness (QED) is 0.846. The number of hydrogen-bond acceptors (Lipinski definition) is 4. The number of halogens is 3. The van der Waals surface area contributed by atoms with Gasteiger partial charge in [0, 0.05) is 10.6 Å². The van der Waals surface area contributed by atoms with Crippen molar-refractivity contribution in [1.29, 1.82) is 0 Å². The van der Waals surface area contributed by atoms with Crippen molar-refractivity contribution in [2.75, 3.05) is 5.32 Å². The van der Waals surface area contributed by atoms with Crippen LogP contribution < -0.4 is 11.1 Å². The maximum atomic E-state index is 12.8. The Labute approximate surface area is 151 Å². The van der Waals surface area contributed by atoms with Gasteiger partial charge >= 0.3 is 6.18 Å². The Balaban J connectivity index is 1.85. The minimum absolute atomic E-state index is 0.212. The van der Waals surface area contributed by atoms with Crippen molar-refractivity contribution in [3.63, 3.8) is 0 Å². The number of amides is 2. The average Bonchev–Trinajstić information content (AvgIpc) is 3.19. The second kappa shape index (κ2) is 6.42. The molecule has 0 bridgehead atoms. The molecule has 0 aliphatic heterocycles. The van der Waals surface area contributed by atoms with Crippen LogP contribution >= 0.6 is 11.3 Å². The number of nitrogens with zero attached hydrogens (tertiary/aromatic N) is 2. The lowest BCUT2D eigenvalue weighted by Crippen LogP contribution is -2.26. The molecule has 0 saturated carbocycles. The van der Waals surface area contributed by atoms with Crippen molar-refractivity contribution in [2.24, 2.45) is 5.73 Å². The Hall–Kier alpha value is -2.36. The maximum absolute atomic E-state index is 12.8. The first-order valence-electron chi connectivity index (χ1n) is 7.98. The molecule has 0 spiro atoms. The van der Waals surface area contributed by atoms with Gasteiger partial charge in [-0.05, 0) is 44.7 Å². The molecule has 2 amide bonds. The molecule has 1 unspecified atom stereocenters. The summed E-state index contributed by atoms with van der Waals surface area (Å²) in [6, 6.07) is -0.0954. The average molecular weight is 386 g/mol. The van der Waals surface area contributed by atoms with E-state index in [2.05, 4.69) is 10.4 Å². The van der Waals surface area contributed by atoms with Crippen LogP contribution in [0.4, 0.5) is 18.2 Å². The van der Waals surface area contributed by atoms with Crippen LogP contribution in [0.1, 0.15) is 51.6 Å². The number of nitrogens with two attached hydrogens (primary N) is 1. The zero-order chi connectivity index (χ0) is 19.2. The molecule has 1 aliphatic carbocycles. The van der Waals surface area contributed by atoms with Crippen molar-refractivity contribution in [3.05, 3.63) is 33.5 Å². The van der Waals surface area contributed by atoms with Gasteiger partial charge in [-0.2, -0.15) is 18.3 Å². The van der Waals surface area contributed by atoms with E-state index in [4.69, 9.17) is 5.73 Å². The summed E-state index contributed by atoms with van der Waals surface area (Å²) in [6.45, 7) is 2.89. The molecule has 1 aliphatic rings. The number of rotatable bonds is 4. The van der Waals surface area contributed by atoms with Gasteiger partial charge in [0.1, 0.15) is 11.0 Å². The molecular formula is C16H17F3N4O2S. The van der Waals surface area contributed by atoms with Crippen molar-refractivity contribution in [2.45, 2.75) is 45.3 Å². The van der Waals surface area contributed by atoms with E-state index in [9.17, 15) is 22.8 Å². The number of thiophene rings is 1. The van der Waals surface area contributed by atoms with Gasteiger partial charge in [0.2, 0.25) is 5.91 Å². The van der Waals surface area contributed by atoms with E-state index in [-0.39, 0.29) is 5.69 Å². The number of fused-ring (bicyclic) bond motifs is 1. The van der Waals surface area contributed by atoms with Crippen LogP contribution in [-0.2, 0) is 23.8 Å². The van der Waals surface area contributed by atoms with Gasteiger partial charge in [-0.3, -0.25) is 14.3 Å². The summed E-state index contributed by atoms with van der Waals surface area (Å²) in [5.41, 5.74) is 5.77. The number of aryl methyl sites for hydroxylation is 2. The fourth-order valence-electron chi connectivity index (χ4n) is 3.10. The van der Waals surface area contributed by atoms with Crippen molar-refractivity contribution < 1.29 is 22.8 Å². The molecular weight excluding hydrogens is 369 g/mol. The fourth-order valence-corrected chi connectivity index (χ4v) is 4.40. The maximum Gasteiger partial charge on any atom is 0.435 e. The molecule has 26 heavy (non-hydrogen) atoms. The highest BCUT2D eigenvalue weighted by atomic mass is 32.1. The Morgan fingerprint density at radius 3 is 2.65 bits per heavy atom. The van der Waals surface area contributed by atoms with E-state index in [0.29, 0.717) is 10.6 Å². The predicted molar refractivity (Wildman–Crippen MR) is 90.2 cm³/mol. The molecule has 0 aromatic carbocycles. The second-order valence-electron chi connectivity index (χ2n) is 6.20. The lowest BCUT2D eigenvalue weighted by atomic mass is 10.1. The molecule has 1 atom stereocenters. The van der Waals surface area contributed by atoms with E-state index in [1.165, 1.54) is 25.2 Å². The summed E-state index contributed by atoms with van der Waals surface area (Å²) in [6.07, 6.45) is -2.11. The van der Waals surface area contributed by atoms with E-state index < -0.39 is 29.7 Å². The van der Waals surface area contributed by atoms with Crippen LogP contribution in [0.15, 0.2) is 6.07 Å². The third kappa shape index (κ3) is 3.20. The van der Waals surface area contributed by atoms with Crippen molar-refractivity contribution in [3.8, 4) is 0 Å². The van der Waals surface area contributed by atoms with Gasteiger partial charge in [-0.15, -0.1) is 11.3 Å². The first-order valence-corrected chi connectivity index (χ1v) is 8.79. The topological polar surface area (TPSA) is 90.0 Å². The lowest BCUT2D eigenvalue weighted by molar-refractivity contribution is -0.141. The molecule has 0 radical (unpaired) electrons. The van der Waals surface area contributed by atoms with Crippen LogP contribution in [-0.4, -0.2) is 21.6 Å². The molecule has 10 heteroatoms. The number of anilines is 1. The summed E-state index contributed by atoms with van der Waals surface area (Å²) >= 11 is 1.29. The number of carbonyl (C=O) groups excluding carboxylic acids is 2. The van der Waals surface area contributed by atoms with Crippen molar-refractivity contribution in [1.82, 2.24) is 9.78 Å². The summed E-state index contributed by atoms with van der Waals surface area (Å²) in [4.78, 5) is 25.3. The van der Waals surface area contributed by atoms with Gasteiger partial charge in [0.05, 0.1) is 5.56 Å². The van der Waals surface area contributed by atoms with Gasteiger partial charge in [-0.25, -0.2) is 0 Å². The van der Waals surface area contributed by atoms with Crippen LogP contribution in [0.3, 0.4) is 0 Å². The Morgan fingerprint density at radius 1 is 1.38 bits per heavy atom. The molecule has 6 nitrogen and oxygen atoms in total. The minimum atomic E-state index is -4.58. The van der Waals surface area contributed by atoms with Crippen LogP contribution in [0, 0.1) is 6.92 Å². The van der Waals surface area contributed by atoms with Crippen LogP contribution in [0.2, 0.25) is 0 Å². The Kier molecular flexibility index (Phi) is 4.55. The van der Waals surface area contributed by atoms with E-state index in [1.807, 2.05) is 0 Å². The lowest BCUT2D eigenvalue weighted by Gasteiger charge is -2.14. The highest BCUT2D eigenvalue weighted by molar-refractivity contribution is 7.17. The van der Waals surface area contributed by atoms with Gasteiger partial charge in [0.25, 0.3) is 5.91 Å². The molecule has 3 rings (SSSR count). The summed E-state index contributed by atoms with van der Waals surface area (Å²) < 4.78 is 39.4. The molecule has 0 saturated heterocycles. The standard InChI is InChI=1S/C16H17F3N4O2S/c1-7-6-11(16(17,18)19)22-23(7)8(2)14(25)21-15-12(13(20)24)9-4-3-5-10(9)26-15/h6,8H,3-5H2,1-2H3,(H2,20,24)(H,21,25). The molecule has 140 valence electrons. The van der Waals surface area contributed by atoms with Crippen LogP contribution in [0.5, 0.6) is 0 Å². The third-order valence-electron chi connectivity index (χ3n) is 4.36. The predicted octanol–water partition coefficient (Wildman–Crippen LogP) is 3.06. The SMILES string of the molecule is Cc1cc(C(F)(F)F)nn1C(C)C(=O)Nc1sc2c(c1C(N)=O)CCC2. The van der Waals surface area contributed by atoms with Gasteiger partial charge in [0.15, 0.2) is 5.69 Å². The zero-order valence-electron chi connectivity index (χ0n) is 14.1. The van der Waals surface area contributed by atoms with E-state index >= 15 is 0 Å². The number of primary amides is 1.